The van der Waals surface area contributed by atoms with E-state index >= 15 is 0 Å². The summed E-state index contributed by atoms with van der Waals surface area (Å²) in [5.41, 5.74) is 6.72. The van der Waals surface area contributed by atoms with Crippen molar-refractivity contribution < 1.29 is 9.90 Å². The first-order valence-corrected chi connectivity index (χ1v) is 7.54. The van der Waals surface area contributed by atoms with Gasteiger partial charge in [0.15, 0.2) is 0 Å². The predicted octanol–water partition coefficient (Wildman–Crippen LogP) is 4.30. The molecule has 2 aromatic rings. The molecule has 0 fully saturated rings. The third-order valence-electron chi connectivity index (χ3n) is 3.61. The molecular formula is C20H23NO2. The summed E-state index contributed by atoms with van der Waals surface area (Å²) < 4.78 is 0. The molecule has 0 spiro atoms. The summed E-state index contributed by atoms with van der Waals surface area (Å²) in [5, 5.41) is 17.0. The van der Waals surface area contributed by atoms with E-state index in [0.29, 0.717) is 6.42 Å². The Morgan fingerprint density at radius 2 is 1.43 bits per heavy atom. The van der Waals surface area contributed by atoms with Gasteiger partial charge < -0.3 is 5.11 Å². The summed E-state index contributed by atoms with van der Waals surface area (Å²) in [6, 6.07) is 14.1. The van der Waals surface area contributed by atoms with Crippen molar-refractivity contribution in [2.24, 2.45) is 0 Å². The number of nitriles is 1. The number of carboxylic acid groups (broad SMARTS) is 1. The molecule has 0 aliphatic rings. The highest BCUT2D eigenvalue weighted by Crippen LogP contribution is 2.11. The zero-order valence-corrected chi connectivity index (χ0v) is 14.2. The standard InChI is InChI=1S/C10H11N.C10H12O2/c1-8-3-4-10(5-6-11)9(2)7-8;1-7-3-4-9(6-10(11)12)8(2)5-7/h3-4,7H,5H2,1-2H3;3-5H,6H2,1-2H3,(H,11,12). The first-order valence-electron chi connectivity index (χ1n) is 7.54. The van der Waals surface area contributed by atoms with Gasteiger partial charge in [0.2, 0.25) is 0 Å². The zero-order valence-electron chi connectivity index (χ0n) is 14.2. The summed E-state index contributed by atoms with van der Waals surface area (Å²) >= 11 is 0. The molecule has 3 heteroatoms. The van der Waals surface area contributed by atoms with Crippen molar-refractivity contribution in [2.75, 3.05) is 0 Å². The topological polar surface area (TPSA) is 61.1 Å². The van der Waals surface area contributed by atoms with E-state index in [1.807, 2.05) is 51.1 Å². The monoisotopic (exact) mass is 309 g/mol. The maximum atomic E-state index is 10.4. The van der Waals surface area contributed by atoms with Crippen molar-refractivity contribution in [1.82, 2.24) is 0 Å². The van der Waals surface area contributed by atoms with Crippen molar-refractivity contribution in [1.29, 1.82) is 5.26 Å². The van der Waals surface area contributed by atoms with Crippen LogP contribution in [0.1, 0.15) is 33.4 Å². The van der Waals surface area contributed by atoms with Crippen molar-refractivity contribution in [3.63, 3.8) is 0 Å². The number of benzene rings is 2. The van der Waals surface area contributed by atoms with E-state index in [-0.39, 0.29) is 6.42 Å². The number of rotatable bonds is 3. The van der Waals surface area contributed by atoms with Gasteiger partial charge in [-0.25, -0.2) is 0 Å². The van der Waals surface area contributed by atoms with E-state index < -0.39 is 5.97 Å². The molecule has 0 radical (unpaired) electrons. The van der Waals surface area contributed by atoms with E-state index in [9.17, 15) is 4.79 Å². The van der Waals surface area contributed by atoms with Crippen LogP contribution in [0.25, 0.3) is 0 Å². The van der Waals surface area contributed by atoms with Gasteiger partial charge in [-0.3, -0.25) is 4.79 Å². The molecule has 0 unspecified atom stereocenters. The van der Waals surface area contributed by atoms with Crippen molar-refractivity contribution in [3.8, 4) is 6.07 Å². The number of aryl methyl sites for hydroxylation is 4. The lowest BCUT2D eigenvalue weighted by atomic mass is 10.0. The second-order valence-electron chi connectivity index (χ2n) is 5.77. The van der Waals surface area contributed by atoms with Crippen LogP contribution in [-0.2, 0) is 17.6 Å². The Balaban J connectivity index is 0.000000231. The van der Waals surface area contributed by atoms with Gasteiger partial charge in [-0.1, -0.05) is 47.5 Å². The molecule has 2 aromatic carbocycles. The number of carboxylic acids is 1. The minimum atomic E-state index is -0.776. The Bertz CT molecular complexity index is 727. The molecule has 0 saturated carbocycles. The Kier molecular flexibility index (Phi) is 7.02. The largest absolute Gasteiger partial charge is 0.481 e. The minimum Gasteiger partial charge on any atom is -0.481 e. The Morgan fingerprint density at radius 3 is 1.83 bits per heavy atom. The second-order valence-corrected chi connectivity index (χ2v) is 5.77. The van der Waals surface area contributed by atoms with Gasteiger partial charge in [0, 0.05) is 0 Å². The number of carbonyl (C=O) groups is 1. The molecule has 0 aliphatic carbocycles. The van der Waals surface area contributed by atoms with Crippen LogP contribution in [0.5, 0.6) is 0 Å². The molecular weight excluding hydrogens is 286 g/mol. The van der Waals surface area contributed by atoms with Crippen LogP contribution in [0.4, 0.5) is 0 Å². The summed E-state index contributed by atoms with van der Waals surface area (Å²) in [6.07, 6.45) is 0.637. The molecule has 0 bridgehead atoms. The Hall–Kier alpha value is -2.60. The zero-order chi connectivity index (χ0) is 17.4. The van der Waals surface area contributed by atoms with Gasteiger partial charge in [0.25, 0.3) is 0 Å². The third kappa shape index (κ3) is 6.36. The quantitative estimate of drug-likeness (QED) is 0.919. The fourth-order valence-corrected chi connectivity index (χ4v) is 2.34. The van der Waals surface area contributed by atoms with Crippen LogP contribution in [0.2, 0.25) is 0 Å². The van der Waals surface area contributed by atoms with E-state index in [0.717, 1.165) is 16.7 Å². The first kappa shape index (κ1) is 18.4. The van der Waals surface area contributed by atoms with E-state index in [1.54, 1.807) is 0 Å². The van der Waals surface area contributed by atoms with Crippen LogP contribution >= 0.6 is 0 Å². The lowest BCUT2D eigenvalue weighted by Crippen LogP contribution is -2.01. The molecule has 0 atom stereocenters. The summed E-state index contributed by atoms with van der Waals surface area (Å²) in [4.78, 5) is 10.4. The van der Waals surface area contributed by atoms with Gasteiger partial charge in [0.1, 0.15) is 0 Å². The van der Waals surface area contributed by atoms with Crippen LogP contribution in [0.3, 0.4) is 0 Å². The molecule has 3 nitrogen and oxygen atoms in total. The van der Waals surface area contributed by atoms with Gasteiger partial charge >= 0.3 is 5.97 Å². The predicted molar refractivity (Wildman–Crippen MR) is 92.5 cm³/mol. The molecule has 0 aliphatic heterocycles. The molecule has 0 saturated heterocycles. The highest BCUT2D eigenvalue weighted by atomic mass is 16.4. The highest BCUT2D eigenvalue weighted by Gasteiger charge is 2.02. The number of nitrogens with zero attached hydrogens (tertiary/aromatic N) is 1. The SMILES string of the molecule is Cc1ccc(CC#N)c(C)c1.Cc1ccc(CC(=O)O)c(C)c1. The second kappa shape index (κ2) is 8.75. The normalized spacial score (nSPS) is 9.52. The van der Waals surface area contributed by atoms with Gasteiger partial charge in [-0.15, -0.1) is 0 Å². The molecule has 120 valence electrons. The van der Waals surface area contributed by atoms with Crippen LogP contribution < -0.4 is 0 Å². The van der Waals surface area contributed by atoms with Crippen LogP contribution in [-0.4, -0.2) is 11.1 Å². The Labute approximate surface area is 138 Å². The average Bonchev–Trinajstić information content (AvgIpc) is 2.46. The number of aliphatic carboxylic acids is 1. The molecule has 1 N–H and O–H groups in total. The summed E-state index contributed by atoms with van der Waals surface area (Å²) in [6.45, 7) is 8.03. The third-order valence-corrected chi connectivity index (χ3v) is 3.61. The fourth-order valence-electron chi connectivity index (χ4n) is 2.34. The number of hydrogen-bond acceptors (Lipinski definition) is 2. The minimum absolute atomic E-state index is 0.117. The van der Waals surface area contributed by atoms with Gasteiger partial charge in [-0.05, 0) is 49.9 Å². The van der Waals surface area contributed by atoms with E-state index in [1.165, 1.54) is 16.7 Å². The first-order chi connectivity index (χ1) is 10.8. The molecule has 0 heterocycles. The lowest BCUT2D eigenvalue weighted by Gasteiger charge is -2.02. The van der Waals surface area contributed by atoms with Crippen molar-refractivity contribution in [3.05, 3.63) is 69.8 Å². The molecule has 0 amide bonds. The van der Waals surface area contributed by atoms with Crippen molar-refractivity contribution in [2.45, 2.75) is 40.5 Å². The summed E-state index contributed by atoms with van der Waals surface area (Å²) in [5.74, 6) is -0.776. The van der Waals surface area contributed by atoms with Gasteiger partial charge in [0.05, 0.1) is 18.9 Å². The van der Waals surface area contributed by atoms with Crippen molar-refractivity contribution >= 4 is 5.97 Å². The molecule has 0 aromatic heterocycles. The maximum Gasteiger partial charge on any atom is 0.307 e. The van der Waals surface area contributed by atoms with E-state index in [4.69, 9.17) is 10.4 Å². The number of hydrogen-bond donors (Lipinski definition) is 1. The Morgan fingerprint density at radius 1 is 0.957 bits per heavy atom. The lowest BCUT2D eigenvalue weighted by molar-refractivity contribution is -0.136. The smallest absolute Gasteiger partial charge is 0.307 e. The van der Waals surface area contributed by atoms with Gasteiger partial charge in [-0.2, -0.15) is 5.26 Å². The van der Waals surface area contributed by atoms with Crippen LogP contribution in [0, 0.1) is 39.0 Å². The fraction of sp³-hybridized carbons (Fsp3) is 0.300. The molecule has 2 rings (SSSR count). The average molecular weight is 309 g/mol. The van der Waals surface area contributed by atoms with E-state index in [2.05, 4.69) is 19.1 Å². The van der Waals surface area contributed by atoms with Crippen LogP contribution in [0.15, 0.2) is 36.4 Å². The molecule has 23 heavy (non-hydrogen) atoms. The summed E-state index contributed by atoms with van der Waals surface area (Å²) in [7, 11) is 0. The maximum absolute atomic E-state index is 10.4. The highest BCUT2D eigenvalue weighted by molar-refractivity contribution is 5.70.